The molecule has 0 N–H and O–H groups in total. The molecule has 0 bridgehead atoms. The van der Waals surface area contributed by atoms with E-state index >= 15 is 0 Å². The third kappa shape index (κ3) is 3.51. The van der Waals surface area contributed by atoms with Gasteiger partial charge < -0.3 is 4.57 Å². The lowest BCUT2D eigenvalue weighted by Crippen LogP contribution is -2.14. The van der Waals surface area contributed by atoms with E-state index in [1.165, 1.54) is 29.0 Å². The standard InChI is InChI=1S/C18H17N3O3S/c1-11-4-5-13(8-12(11)2)9-17(22)19-18-20(3)15-10-14(21(23)24)6-7-16(15)25-18/h4-8,10H,9H2,1-3H3. The number of non-ortho nitro benzene ring substituents is 1. The molecule has 2 aromatic carbocycles. The highest BCUT2D eigenvalue weighted by Crippen LogP contribution is 2.22. The molecule has 0 aliphatic heterocycles. The van der Waals surface area contributed by atoms with Crippen molar-refractivity contribution in [2.24, 2.45) is 12.0 Å². The molecule has 0 radical (unpaired) electrons. The van der Waals surface area contributed by atoms with Crippen LogP contribution in [0.2, 0.25) is 0 Å². The zero-order valence-electron chi connectivity index (χ0n) is 14.1. The van der Waals surface area contributed by atoms with Crippen LogP contribution in [0.5, 0.6) is 0 Å². The molecule has 0 spiro atoms. The number of rotatable bonds is 3. The van der Waals surface area contributed by atoms with Gasteiger partial charge in [-0.1, -0.05) is 29.5 Å². The molecule has 0 fully saturated rings. The molecule has 1 aromatic heterocycles. The van der Waals surface area contributed by atoms with Crippen LogP contribution in [0.4, 0.5) is 5.69 Å². The van der Waals surface area contributed by atoms with Gasteiger partial charge in [0.15, 0.2) is 4.80 Å². The summed E-state index contributed by atoms with van der Waals surface area (Å²) in [4.78, 5) is 27.5. The first-order valence-corrected chi connectivity index (χ1v) is 8.54. The molecule has 0 unspecified atom stereocenters. The Hall–Kier alpha value is -2.80. The summed E-state index contributed by atoms with van der Waals surface area (Å²) in [6.45, 7) is 4.04. The average molecular weight is 355 g/mol. The van der Waals surface area contributed by atoms with Crippen molar-refractivity contribution >= 4 is 33.1 Å². The summed E-state index contributed by atoms with van der Waals surface area (Å²) in [5, 5.41) is 10.9. The molecule has 7 heteroatoms. The maximum Gasteiger partial charge on any atom is 0.271 e. The molecular formula is C18H17N3O3S. The van der Waals surface area contributed by atoms with E-state index < -0.39 is 4.92 Å². The topological polar surface area (TPSA) is 77.5 Å². The van der Waals surface area contributed by atoms with Crippen LogP contribution < -0.4 is 4.80 Å². The zero-order valence-corrected chi connectivity index (χ0v) is 15.0. The van der Waals surface area contributed by atoms with Gasteiger partial charge in [-0.2, -0.15) is 4.99 Å². The van der Waals surface area contributed by atoms with Crippen LogP contribution in [0, 0.1) is 24.0 Å². The Bertz CT molecular complexity index is 1060. The molecule has 0 atom stereocenters. The molecule has 0 aliphatic carbocycles. The second-order valence-electron chi connectivity index (χ2n) is 5.95. The Balaban J connectivity index is 1.94. The smallest absolute Gasteiger partial charge is 0.271 e. The lowest BCUT2D eigenvalue weighted by molar-refractivity contribution is -0.384. The Kier molecular flexibility index (Phi) is 4.50. The predicted octanol–water partition coefficient (Wildman–Crippen LogP) is 3.43. The van der Waals surface area contributed by atoms with Crippen molar-refractivity contribution in [2.75, 3.05) is 0 Å². The minimum atomic E-state index is -0.432. The quantitative estimate of drug-likeness (QED) is 0.533. The number of nitrogens with zero attached hydrogens (tertiary/aromatic N) is 3. The van der Waals surface area contributed by atoms with Gasteiger partial charge in [-0.05, 0) is 36.6 Å². The minimum Gasteiger partial charge on any atom is -0.319 e. The number of nitro groups is 1. The molecule has 6 nitrogen and oxygen atoms in total. The van der Waals surface area contributed by atoms with Crippen molar-refractivity contribution in [3.8, 4) is 0 Å². The molecule has 1 heterocycles. The highest BCUT2D eigenvalue weighted by molar-refractivity contribution is 7.16. The van der Waals surface area contributed by atoms with Gasteiger partial charge in [0.1, 0.15) is 0 Å². The monoisotopic (exact) mass is 355 g/mol. The fraction of sp³-hybridized carbons (Fsp3) is 0.222. The number of nitro benzene ring substituents is 1. The molecule has 25 heavy (non-hydrogen) atoms. The SMILES string of the molecule is Cc1ccc(CC(=O)N=c2sc3ccc([N+](=O)[O-])cc3n2C)cc1C. The van der Waals surface area contributed by atoms with E-state index in [-0.39, 0.29) is 18.0 Å². The number of carbonyl (C=O) groups excluding carboxylic acids is 1. The summed E-state index contributed by atoms with van der Waals surface area (Å²) in [7, 11) is 1.75. The Morgan fingerprint density at radius 3 is 2.64 bits per heavy atom. The first kappa shape index (κ1) is 17.0. The van der Waals surface area contributed by atoms with Crippen LogP contribution in [-0.4, -0.2) is 15.4 Å². The first-order chi connectivity index (χ1) is 11.8. The highest BCUT2D eigenvalue weighted by Gasteiger charge is 2.11. The van der Waals surface area contributed by atoms with Gasteiger partial charge in [0.2, 0.25) is 0 Å². The van der Waals surface area contributed by atoms with Gasteiger partial charge in [0.05, 0.1) is 21.6 Å². The molecular weight excluding hydrogens is 338 g/mol. The fourth-order valence-corrected chi connectivity index (χ4v) is 3.59. The summed E-state index contributed by atoms with van der Waals surface area (Å²) in [5.74, 6) is -0.236. The lowest BCUT2D eigenvalue weighted by Gasteiger charge is -2.02. The third-order valence-corrected chi connectivity index (χ3v) is 5.26. The summed E-state index contributed by atoms with van der Waals surface area (Å²) in [6, 6.07) is 10.6. The number of amides is 1. The van der Waals surface area contributed by atoms with E-state index in [4.69, 9.17) is 0 Å². The van der Waals surface area contributed by atoms with Crippen molar-refractivity contribution in [3.63, 3.8) is 0 Å². The average Bonchev–Trinajstić information content (AvgIpc) is 2.86. The number of aryl methyl sites for hydroxylation is 3. The van der Waals surface area contributed by atoms with E-state index in [1.807, 2.05) is 32.0 Å². The van der Waals surface area contributed by atoms with Gasteiger partial charge in [-0.25, -0.2) is 0 Å². The normalized spacial score (nSPS) is 11.9. The molecule has 0 saturated heterocycles. The van der Waals surface area contributed by atoms with Crippen LogP contribution in [0.3, 0.4) is 0 Å². The van der Waals surface area contributed by atoms with Crippen molar-refractivity contribution < 1.29 is 9.72 Å². The van der Waals surface area contributed by atoms with Crippen LogP contribution in [0.25, 0.3) is 10.2 Å². The molecule has 3 aromatic rings. The van der Waals surface area contributed by atoms with E-state index in [2.05, 4.69) is 4.99 Å². The Morgan fingerprint density at radius 1 is 1.20 bits per heavy atom. The zero-order chi connectivity index (χ0) is 18.1. The Morgan fingerprint density at radius 2 is 1.96 bits per heavy atom. The van der Waals surface area contributed by atoms with Crippen molar-refractivity contribution in [3.05, 3.63) is 68.0 Å². The maximum atomic E-state index is 12.3. The number of benzene rings is 2. The molecule has 128 valence electrons. The second kappa shape index (κ2) is 6.60. The fourth-order valence-electron chi connectivity index (χ4n) is 2.57. The van der Waals surface area contributed by atoms with Crippen LogP contribution in [0.15, 0.2) is 41.4 Å². The van der Waals surface area contributed by atoms with Crippen molar-refractivity contribution in [1.82, 2.24) is 4.57 Å². The van der Waals surface area contributed by atoms with Crippen molar-refractivity contribution in [1.29, 1.82) is 0 Å². The lowest BCUT2D eigenvalue weighted by atomic mass is 10.0. The van der Waals surface area contributed by atoms with Gasteiger partial charge >= 0.3 is 0 Å². The molecule has 1 amide bonds. The largest absolute Gasteiger partial charge is 0.319 e. The predicted molar refractivity (Wildman–Crippen MR) is 97.6 cm³/mol. The summed E-state index contributed by atoms with van der Waals surface area (Å²) < 4.78 is 2.57. The van der Waals surface area contributed by atoms with Crippen LogP contribution in [0.1, 0.15) is 16.7 Å². The van der Waals surface area contributed by atoms with Crippen LogP contribution >= 0.6 is 11.3 Å². The first-order valence-electron chi connectivity index (χ1n) is 7.73. The van der Waals surface area contributed by atoms with E-state index in [0.29, 0.717) is 10.3 Å². The number of thiazole rings is 1. The summed E-state index contributed by atoms with van der Waals surface area (Å²) >= 11 is 1.34. The Labute approximate surface area is 148 Å². The number of aromatic nitrogens is 1. The second-order valence-corrected chi connectivity index (χ2v) is 6.96. The van der Waals surface area contributed by atoms with Gasteiger partial charge in [0, 0.05) is 19.2 Å². The molecule has 0 aliphatic rings. The van der Waals surface area contributed by atoms with E-state index in [1.54, 1.807) is 17.7 Å². The summed E-state index contributed by atoms with van der Waals surface area (Å²) in [6.07, 6.45) is 0.232. The molecule has 3 rings (SSSR count). The number of fused-ring (bicyclic) bond motifs is 1. The maximum absolute atomic E-state index is 12.3. The van der Waals surface area contributed by atoms with E-state index in [0.717, 1.165) is 15.8 Å². The molecule has 0 saturated carbocycles. The van der Waals surface area contributed by atoms with Gasteiger partial charge in [0.25, 0.3) is 11.6 Å². The van der Waals surface area contributed by atoms with Crippen molar-refractivity contribution in [2.45, 2.75) is 20.3 Å². The van der Waals surface area contributed by atoms with Gasteiger partial charge in [-0.15, -0.1) is 0 Å². The third-order valence-electron chi connectivity index (χ3n) is 4.15. The van der Waals surface area contributed by atoms with Gasteiger partial charge in [-0.3, -0.25) is 14.9 Å². The minimum absolute atomic E-state index is 0.0221. The number of hydrogen-bond acceptors (Lipinski definition) is 4. The highest BCUT2D eigenvalue weighted by atomic mass is 32.1. The van der Waals surface area contributed by atoms with E-state index in [9.17, 15) is 14.9 Å². The number of hydrogen-bond donors (Lipinski definition) is 0. The van der Waals surface area contributed by atoms with Crippen LogP contribution in [-0.2, 0) is 18.3 Å². The summed E-state index contributed by atoms with van der Waals surface area (Å²) in [5.41, 5.74) is 3.97. The number of carbonyl (C=O) groups is 1.